The first kappa shape index (κ1) is 23.4. The van der Waals surface area contributed by atoms with Crippen LogP contribution in [0.4, 0.5) is 0 Å². The van der Waals surface area contributed by atoms with Crippen LogP contribution in [0.5, 0.6) is 0 Å². The van der Waals surface area contributed by atoms with Gasteiger partial charge in [-0.15, -0.1) is 24.8 Å². The van der Waals surface area contributed by atoms with Gasteiger partial charge >= 0.3 is 0 Å². The molecule has 6 nitrogen and oxygen atoms in total. The molecule has 24 heavy (non-hydrogen) atoms. The van der Waals surface area contributed by atoms with Gasteiger partial charge in [-0.25, -0.2) is 0 Å². The molecular weight excluding hydrogens is 351 g/mol. The molecule has 2 aliphatic heterocycles. The van der Waals surface area contributed by atoms with Gasteiger partial charge in [0.05, 0.1) is 6.54 Å². The van der Waals surface area contributed by atoms with Gasteiger partial charge in [-0.2, -0.15) is 0 Å². The molecule has 2 N–H and O–H groups in total. The SMILES string of the molecule is CC(N)CC(=O)N1CCN(CC(=O)N2CCCCCC2)CC1.Cl.Cl. The number of hydrogen-bond donors (Lipinski definition) is 1. The zero-order valence-electron chi connectivity index (χ0n) is 14.6. The largest absolute Gasteiger partial charge is 0.342 e. The molecule has 2 heterocycles. The highest BCUT2D eigenvalue weighted by molar-refractivity contribution is 5.85. The van der Waals surface area contributed by atoms with Crippen LogP contribution in [0.3, 0.4) is 0 Å². The van der Waals surface area contributed by atoms with Gasteiger partial charge in [0.25, 0.3) is 0 Å². The molecule has 0 saturated carbocycles. The molecule has 0 aromatic heterocycles. The van der Waals surface area contributed by atoms with Crippen LogP contribution in [0.2, 0.25) is 0 Å². The third-order valence-electron chi connectivity index (χ3n) is 4.54. The van der Waals surface area contributed by atoms with Crippen LogP contribution < -0.4 is 5.73 Å². The van der Waals surface area contributed by atoms with Gasteiger partial charge in [0.1, 0.15) is 0 Å². The standard InChI is InChI=1S/C16H30N4O2.2ClH/c1-14(17)12-15(21)20-10-8-18(9-11-20)13-16(22)19-6-4-2-3-5-7-19;;/h14H,2-13,17H2,1H3;2*1H. The Bertz CT molecular complexity index is 380. The van der Waals surface area contributed by atoms with Gasteiger partial charge in [-0.3, -0.25) is 14.5 Å². The fourth-order valence-electron chi connectivity index (χ4n) is 3.17. The zero-order chi connectivity index (χ0) is 15.9. The highest BCUT2D eigenvalue weighted by Crippen LogP contribution is 2.11. The van der Waals surface area contributed by atoms with Crippen molar-refractivity contribution < 1.29 is 9.59 Å². The number of carbonyl (C=O) groups is 2. The minimum absolute atomic E-state index is 0. The van der Waals surface area contributed by atoms with Crippen LogP contribution >= 0.6 is 24.8 Å². The molecule has 2 rings (SSSR count). The number of nitrogens with two attached hydrogens (primary N) is 1. The van der Waals surface area contributed by atoms with Crippen LogP contribution in [-0.2, 0) is 9.59 Å². The first-order valence-electron chi connectivity index (χ1n) is 8.60. The van der Waals surface area contributed by atoms with E-state index in [0.717, 1.165) is 39.0 Å². The van der Waals surface area contributed by atoms with Crippen LogP contribution in [-0.4, -0.2) is 78.4 Å². The number of likely N-dealkylation sites (tertiary alicyclic amines) is 1. The first-order valence-corrected chi connectivity index (χ1v) is 8.60. The van der Waals surface area contributed by atoms with Crippen molar-refractivity contribution in [3.05, 3.63) is 0 Å². The lowest BCUT2D eigenvalue weighted by molar-refractivity contribution is -0.135. The Balaban J connectivity index is 0.00000264. The molecule has 0 aliphatic carbocycles. The molecule has 2 fully saturated rings. The lowest BCUT2D eigenvalue weighted by Gasteiger charge is -2.35. The van der Waals surface area contributed by atoms with Crippen molar-refractivity contribution in [1.29, 1.82) is 0 Å². The summed E-state index contributed by atoms with van der Waals surface area (Å²) in [6.07, 6.45) is 5.15. The molecule has 0 aromatic carbocycles. The Kier molecular flexibility index (Phi) is 11.6. The number of nitrogens with zero attached hydrogens (tertiary/aromatic N) is 3. The third kappa shape index (κ3) is 7.55. The van der Waals surface area contributed by atoms with E-state index in [1.807, 2.05) is 16.7 Å². The smallest absolute Gasteiger partial charge is 0.236 e. The number of rotatable bonds is 4. The van der Waals surface area contributed by atoms with E-state index < -0.39 is 0 Å². The van der Waals surface area contributed by atoms with Gasteiger partial charge in [0, 0.05) is 51.7 Å². The van der Waals surface area contributed by atoms with Gasteiger partial charge in [0.15, 0.2) is 0 Å². The molecule has 1 unspecified atom stereocenters. The molecule has 0 aromatic rings. The van der Waals surface area contributed by atoms with Crippen molar-refractivity contribution in [1.82, 2.24) is 14.7 Å². The summed E-state index contributed by atoms with van der Waals surface area (Å²) in [4.78, 5) is 30.4. The van der Waals surface area contributed by atoms with E-state index >= 15 is 0 Å². The second-order valence-electron chi connectivity index (χ2n) is 6.63. The van der Waals surface area contributed by atoms with Crippen molar-refractivity contribution in [2.45, 2.75) is 45.1 Å². The minimum Gasteiger partial charge on any atom is -0.342 e. The maximum absolute atomic E-state index is 12.4. The molecule has 0 bridgehead atoms. The molecule has 0 spiro atoms. The summed E-state index contributed by atoms with van der Waals surface area (Å²) in [5.74, 6) is 0.380. The van der Waals surface area contributed by atoms with E-state index in [4.69, 9.17) is 5.73 Å². The van der Waals surface area contributed by atoms with Crippen LogP contribution in [0.15, 0.2) is 0 Å². The summed E-state index contributed by atoms with van der Waals surface area (Å²) in [5, 5.41) is 0. The fourth-order valence-corrected chi connectivity index (χ4v) is 3.17. The second kappa shape index (κ2) is 11.9. The number of amides is 2. The predicted molar refractivity (Wildman–Crippen MR) is 101 cm³/mol. The Hall–Kier alpha value is -0.560. The Morgan fingerprint density at radius 2 is 1.33 bits per heavy atom. The second-order valence-corrected chi connectivity index (χ2v) is 6.63. The Labute approximate surface area is 157 Å². The van der Waals surface area contributed by atoms with Crippen molar-refractivity contribution in [2.75, 3.05) is 45.8 Å². The lowest BCUT2D eigenvalue weighted by Crippen LogP contribution is -2.52. The fraction of sp³-hybridized carbons (Fsp3) is 0.875. The average Bonchev–Trinajstić information content (AvgIpc) is 2.76. The van der Waals surface area contributed by atoms with E-state index in [1.54, 1.807) is 0 Å². The highest BCUT2D eigenvalue weighted by Gasteiger charge is 2.24. The van der Waals surface area contributed by atoms with Crippen LogP contribution in [0, 0.1) is 0 Å². The van der Waals surface area contributed by atoms with Crippen molar-refractivity contribution in [2.24, 2.45) is 5.73 Å². The third-order valence-corrected chi connectivity index (χ3v) is 4.54. The summed E-state index contributed by atoms with van der Waals surface area (Å²) in [6, 6.07) is -0.0878. The average molecular weight is 383 g/mol. The van der Waals surface area contributed by atoms with Crippen molar-refractivity contribution in [3.8, 4) is 0 Å². The van der Waals surface area contributed by atoms with E-state index in [2.05, 4.69) is 4.90 Å². The first-order chi connectivity index (χ1) is 10.6. The van der Waals surface area contributed by atoms with Crippen molar-refractivity contribution >= 4 is 36.6 Å². The van der Waals surface area contributed by atoms with Crippen molar-refractivity contribution in [3.63, 3.8) is 0 Å². The van der Waals surface area contributed by atoms with E-state index in [0.29, 0.717) is 26.1 Å². The van der Waals surface area contributed by atoms with E-state index in [-0.39, 0.29) is 42.7 Å². The van der Waals surface area contributed by atoms with Gasteiger partial charge in [0.2, 0.25) is 11.8 Å². The van der Waals surface area contributed by atoms with Gasteiger partial charge in [-0.05, 0) is 19.8 Å². The molecule has 2 amide bonds. The highest BCUT2D eigenvalue weighted by atomic mass is 35.5. The number of halogens is 2. The maximum Gasteiger partial charge on any atom is 0.236 e. The van der Waals surface area contributed by atoms with Crippen LogP contribution in [0.25, 0.3) is 0 Å². The minimum atomic E-state index is -0.0878. The molecule has 1 atom stereocenters. The zero-order valence-corrected chi connectivity index (χ0v) is 16.2. The molecule has 142 valence electrons. The summed E-state index contributed by atoms with van der Waals surface area (Å²) < 4.78 is 0. The monoisotopic (exact) mass is 382 g/mol. The topological polar surface area (TPSA) is 69.9 Å². The van der Waals surface area contributed by atoms with E-state index in [9.17, 15) is 9.59 Å². The number of piperazine rings is 1. The Morgan fingerprint density at radius 1 is 0.833 bits per heavy atom. The predicted octanol–water partition coefficient (Wildman–Crippen LogP) is 1.11. The molecule has 0 radical (unpaired) electrons. The summed E-state index contributed by atoms with van der Waals surface area (Å²) >= 11 is 0. The summed E-state index contributed by atoms with van der Waals surface area (Å²) in [6.45, 7) is 7.15. The molecule has 2 aliphatic rings. The number of carbonyl (C=O) groups excluding carboxylic acids is 2. The molecular formula is C16H32Cl2N4O2. The quantitative estimate of drug-likeness (QED) is 0.790. The molecule has 2 saturated heterocycles. The van der Waals surface area contributed by atoms with Crippen LogP contribution in [0.1, 0.15) is 39.0 Å². The normalized spacial score (nSPS) is 20.4. The maximum atomic E-state index is 12.4. The summed E-state index contributed by atoms with van der Waals surface area (Å²) in [5.41, 5.74) is 5.68. The molecule has 8 heteroatoms. The lowest BCUT2D eigenvalue weighted by atomic mass is 10.2. The Morgan fingerprint density at radius 3 is 1.83 bits per heavy atom. The van der Waals surface area contributed by atoms with Gasteiger partial charge in [-0.1, -0.05) is 12.8 Å². The van der Waals surface area contributed by atoms with Gasteiger partial charge < -0.3 is 15.5 Å². The summed E-state index contributed by atoms with van der Waals surface area (Å²) in [7, 11) is 0. The number of hydrogen-bond acceptors (Lipinski definition) is 4. The van der Waals surface area contributed by atoms with E-state index in [1.165, 1.54) is 12.8 Å².